The number of carbonyl (C=O) groups excluding carboxylic acids is 2. The molecular formula is C18H36N2Na2O19. The maximum Gasteiger partial charge on any atom is 1.00 e. The van der Waals surface area contributed by atoms with Crippen molar-refractivity contribution in [3.8, 4) is 0 Å². The molecule has 12 N–H and O–H groups in total. The molecule has 21 nitrogen and oxygen atoms in total. The molecule has 0 aromatic heterocycles. The summed E-state index contributed by atoms with van der Waals surface area (Å²) in [7, 11) is 0. The van der Waals surface area contributed by atoms with Gasteiger partial charge in [-0.25, -0.2) is 0 Å². The summed E-state index contributed by atoms with van der Waals surface area (Å²) in [5, 5.41) is 67.7. The fourth-order valence-electron chi connectivity index (χ4n) is 1.46. The van der Waals surface area contributed by atoms with E-state index in [1.165, 1.54) is 0 Å². The van der Waals surface area contributed by atoms with E-state index in [4.69, 9.17) is 49.8 Å². The van der Waals surface area contributed by atoms with Crippen LogP contribution in [0.5, 0.6) is 0 Å². The summed E-state index contributed by atoms with van der Waals surface area (Å²) in [6.45, 7) is 1.58. The molecular weight excluding hydrogens is 594 g/mol. The Hall–Kier alpha value is -2.44. The largest absolute Gasteiger partial charge is 1.00 e. The minimum Gasteiger partial charge on any atom is -0.549 e. The van der Waals surface area contributed by atoms with Crippen LogP contribution < -0.4 is 69.3 Å². The zero-order valence-corrected chi connectivity index (χ0v) is 27.4. The van der Waals surface area contributed by atoms with Gasteiger partial charge in [-0.05, 0) is 0 Å². The van der Waals surface area contributed by atoms with Crippen LogP contribution in [0.2, 0.25) is 0 Å². The molecule has 23 heteroatoms. The molecule has 0 saturated carbocycles. The number of aliphatic carboxylic acids is 8. The van der Waals surface area contributed by atoms with E-state index < -0.39 is 73.9 Å². The van der Waals surface area contributed by atoms with Gasteiger partial charge in [0.15, 0.2) is 0 Å². The van der Waals surface area contributed by atoms with Crippen LogP contribution >= 0.6 is 0 Å². The van der Waals surface area contributed by atoms with E-state index in [-0.39, 0.29) is 88.6 Å². The Morgan fingerprint density at radius 3 is 0.732 bits per heavy atom. The van der Waals surface area contributed by atoms with Crippen molar-refractivity contribution in [1.82, 2.24) is 9.80 Å². The minimum atomic E-state index is -1.51. The molecule has 0 aliphatic rings. The molecule has 0 rings (SSSR count). The summed E-state index contributed by atoms with van der Waals surface area (Å²) in [5.74, 6) is -8.85. The van der Waals surface area contributed by atoms with Crippen molar-refractivity contribution in [3.05, 3.63) is 0 Å². The van der Waals surface area contributed by atoms with Gasteiger partial charge in [0.05, 0.1) is 25.0 Å². The fourth-order valence-corrected chi connectivity index (χ4v) is 1.46. The van der Waals surface area contributed by atoms with Crippen LogP contribution in [-0.2, 0) is 38.4 Å². The third kappa shape index (κ3) is 138. The second-order valence-corrected chi connectivity index (χ2v) is 6.03. The summed E-state index contributed by atoms with van der Waals surface area (Å²) in [6.07, 6.45) is 0. The number of hydrogen-bond donors (Lipinski definition) is 6. The number of nitrogens with zero attached hydrogens (tertiary/aromatic N) is 2. The average molecular weight is 630 g/mol. The summed E-state index contributed by atoms with van der Waals surface area (Å²) < 4.78 is 0. The Morgan fingerprint density at radius 2 is 0.610 bits per heavy atom. The second-order valence-electron chi connectivity index (χ2n) is 6.03. The first-order valence-electron chi connectivity index (χ1n) is 9.19. The molecule has 0 aliphatic carbocycles. The first-order valence-corrected chi connectivity index (χ1v) is 9.19. The summed E-state index contributed by atoms with van der Waals surface area (Å²) in [6, 6.07) is 0. The van der Waals surface area contributed by atoms with Crippen LogP contribution in [0.1, 0.15) is 27.7 Å². The van der Waals surface area contributed by atoms with Gasteiger partial charge in [0.2, 0.25) is 0 Å². The molecule has 0 atom stereocenters. The summed E-state index contributed by atoms with van der Waals surface area (Å²) >= 11 is 0. The number of hydrogen-bond acceptors (Lipinski definition) is 12. The van der Waals surface area contributed by atoms with Crippen molar-refractivity contribution < 1.29 is 155 Å². The van der Waals surface area contributed by atoms with Crippen LogP contribution in [0.25, 0.3) is 0 Å². The zero-order chi connectivity index (χ0) is 30.0. The van der Waals surface area contributed by atoms with Crippen LogP contribution in [-0.4, -0.2) is 144 Å². The molecule has 0 saturated heterocycles. The van der Waals surface area contributed by atoms with Crippen molar-refractivity contribution in [2.24, 2.45) is 0 Å². The van der Waals surface area contributed by atoms with E-state index in [2.05, 4.69) is 0 Å². The number of carbonyl (C=O) groups is 8. The predicted octanol–water partition coefficient (Wildman–Crippen LogP) is -12.8. The van der Waals surface area contributed by atoms with Crippen molar-refractivity contribution in [2.75, 3.05) is 39.3 Å². The summed E-state index contributed by atoms with van der Waals surface area (Å²) in [4.78, 5) is 79.9. The van der Waals surface area contributed by atoms with E-state index in [0.717, 1.165) is 37.5 Å². The molecule has 41 heavy (non-hydrogen) atoms. The fraction of sp³-hybridized carbons (Fsp3) is 0.556. The molecule has 0 unspecified atom stereocenters. The summed E-state index contributed by atoms with van der Waals surface area (Å²) in [5.41, 5.74) is 0. The van der Waals surface area contributed by atoms with Gasteiger partial charge in [0, 0.05) is 53.9 Å². The molecule has 0 amide bonds. The monoisotopic (exact) mass is 630 g/mol. The third-order valence-electron chi connectivity index (χ3n) is 2.16. The predicted molar refractivity (Wildman–Crippen MR) is 122 cm³/mol. The third-order valence-corrected chi connectivity index (χ3v) is 2.16. The first kappa shape index (κ1) is 66.7. The van der Waals surface area contributed by atoms with Crippen molar-refractivity contribution >= 4 is 47.8 Å². The average Bonchev–Trinajstić information content (AvgIpc) is 2.55. The van der Waals surface area contributed by atoms with Gasteiger partial charge in [-0.3, -0.25) is 38.6 Å². The van der Waals surface area contributed by atoms with Gasteiger partial charge in [-0.1, -0.05) is 0 Å². The van der Waals surface area contributed by atoms with Crippen LogP contribution in [0.3, 0.4) is 0 Å². The SMILES string of the molecule is CC(=O)O.CC(=O)O.CC(=O)O.CC(=O)O.O.O.O.O=C([O-])CN(CCN(CC(=O)O)CC(=O)O)CC(=O)[O-].[Na+].[Na+]. The Balaban J connectivity index is -0.0000000476. The normalized spacial score (nSPS) is 7.66. The van der Waals surface area contributed by atoms with E-state index in [1.54, 1.807) is 0 Å². The topological polar surface area (TPSA) is 405 Å². The molecule has 0 aromatic carbocycles. The smallest absolute Gasteiger partial charge is 0.549 e. The molecule has 0 aliphatic heterocycles. The van der Waals surface area contributed by atoms with Crippen LogP contribution in [0.15, 0.2) is 0 Å². The van der Waals surface area contributed by atoms with Gasteiger partial charge >= 0.3 is 71.1 Å². The Kier molecular flexibility index (Phi) is 72.5. The standard InChI is InChI=1S/C10H16N2O8.4C2H4O2.2Na.3H2O/c13-7(14)3-11(4-8(15)16)1-2-12(5-9(17)18)6-10(19)20;4*1-2(3)4;;;;;/h1-6H2,(H,13,14)(H,15,16)(H,17,18)(H,19,20);4*1H3,(H,3,4);;;3*1H2/q;;;;;2*+1;;;/p-2. The van der Waals surface area contributed by atoms with Crippen molar-refractivity contribution in [1.29, 1.82) is 0 Å². The van der Waals surface area contributed by atoms with E-state index >= 15 is 0 Å². The van der Waals surface area contributed by atoms with Crippen molar-refractivity contribution in [2.45, 2.75) is 27.7 Å². The number of carboxylic acids is 8. The quantitative estimate of drug-likeness (QED) is 0.115. The molecule has 0 aromatic rings. The maximum absolute atomic E-state index is 10.5. The Morgan fingerprint density at radius 1 is 0.463 bits per heavy atom. The van der Waals surface area contributed by atoms with E-state index in [0.29, 0.717) is 0 Å². The molecule has 0 radical (unpaired) electrons. The molecule has 0 heterocycles. The first-order chi connectivity index (χ1) is 16.1. The van der Waals surface area contributed by atoms with Gasteiger partial charge in [0.25, 0.3) is 23.9 Å². The van der Waals surface area contributed by atoms with E-state index in [9.17, 15) is 29.4 Å². The van der Waals surface area contributed by atoms with Crippen LogP contribution in [0.4, 0.5) is 0 Å². The van der Waals surface area contributed by atoms with Gasteiger partial charge < -0.3 is 66.9 Å². The van der Waals surface area contributed by atoms with Gasteiger partial charge in [-0.2, -0.15) is 0 Å². The molecule has 0 fully saturated rings. The van der Waals surface area contributed by atoms with Crippen molar-refractivity contribution in [3.63, 3.8) is 0 Å². The Bertz CT molecular complexity index is 605. The number of carboxylic acid groups (broad SMARTS) is 8. The maximum atomic E-state index is 10.5. The molecule has 0 spiro atoms. The minimum absolute atomic E-state index is 0. The van der Waals surface area contributed by atoms with E-state index in [1.807, 2.05) is 0 Å². The molecule has 0 bridgehead atoms. The zero-order valence-electron chi connectivity index (χ0n) is 23.4. The van der Waals surface area contributed by atoms with Crippen LogP contribution in [0, 0.1) is 0 Å². The van der Waals surface area contributed by atoms with Gasteiger partial charge in [0.1, 0.15) is 0 Å². The molecule has 234 valence electrons. The van der Waals surface area contributed by atoms with Gasteiger partial charge in [-0.15, -0.1) is 0 Å². The number of rotatable bonds is 11. The second kappa shape index (κ2) is 44.6. The Labute approximate surface area is 277 Å².